The summed E-state index contributed by atoms with van der Waals surface area (Å²) in [6.45, 7) is 2.23. The van der Waals surface area contributed by atoms with Gasteiger partial charge in [0.15, 0.2) is 11.6 Å². The highest BCUT2D eigenvalue weighted by Crippen LogP contribution is 2.36. The molecule has 1 aromatic rings. The van der Waals surface area contributed by atoms with Crippen molar-refractivity contribution in [1.29, 1.82) is 0 Å². The molecule has 2 nitrogen and oxygen atoms in total. The van der Waals surface area contributed by atoms with E-state index < -0.39 is 17.2 Å². The minimum Gasteiger partial charge on any atom is -0.370 e. The number of halogens is 2. The molecule has 1 aliphatic heterocycles. The highest BCUT2D eigenvalue weighted by molar-refractivity contribution is 5.25. The topological polar surface area (TPSA) is 35.2 Å². The maximum absolute atomic E-state index is 13.7. The van der Waals surface area contributed by atoms with Gasteiger partial charge < -0.3 is 10.5 Å². The fourth-order valence-corrected chi connectivity index (χ4v) is 2.20. The van der Waals surface area contributed by atoms with Crippen LogP contribution in [0.3, 0.4) is 0 Å². The Kier molecular flexibility index (Phi) is 2.95. The minimum atomic E-state index is -0.846. The highest BCUT2D eigenvalue weighted by atomic mass is 19.2. The summed E-state index contributed by atoms with van der Waals surface area (Å²) in [4.78, 5) is 0. The molecule has 4 heteroatoms. The largest absolute Gasteiger partial charge is 0.370 e. The van der Waals surface area contributed by atoms with E-state index >= 15 is 0 Å². The van der Waals surface area contributed by atoms with Crippen LogP contribution in [0.25, 0.3) is 0 Å². The molecular formula is C12H15F2NO. The lowest BCUT2D eigenvalue weighted by Crippen LogP contribution is -2.41. The van der Waals surface area contributed by atoms with Crippen LogP contribution in [0.2, 0.25) is 0 Å². The molecule has 0 aromatic heterocycles. The number of hydrogen-bond acceptors (Lipinski definition) is 2. The van der Waals surface area contributed by atoms with Gasteiger partial charge in [0, 0.05) is 18.2 Å². The van der Waals surface area contributed by atoms with Crippen LogP contribution < -0.4 is 5.73 Å². The summed E-state index contributed by atoms with van der Waals surface area (Å²) in [5.41, 5.74) is 5.28. The zero-order chi connectivity index (χ0) is 11.8. The Labute approximate surface area is 93.4 Å². The number of nitrogens with two attached hydrogens (primary N) is 1. The normalized spacial score (nSPS) is 30.4. The van der Waals surface area contributed by atoms with Crippen LogP contribution in [0.1, 0.15) is 25.3 Å². The summed E-state index contributed by atoms with van der Waals surface area (Å²) in [5, 5.41) is 0. The first-order valence-corrected chi connectivity index (χ1v) is 5.37. The number of hydrogen-bond donors (Lipinski definition) is 1. The van der Waals surface area contributed by atoms with Crippen LogP contribution in [-0.4, -0.2) is 12.6 Å². The lowest BCUT2D eigenvalue weighted by Gasteiger charge is -2.37. The summed E-state index contributed by atoms with van der Waals surface area (Å²) in [6.07, 6.45) is 1.26. The van der Waals surface area contributed by atoms with Gasteiger partial charge in [0.2, 0.25) is 0 Å². The van der Waals surface area contributed by atoms with Gasteiger partial charge in [-0.25, -0.2) is 8.78 Å². The standard InChI is InChI=1S/C12H15F2NO/c1-12(7-8(15)5-6-16-12)9-3-2-4-10(13)11(9)14/h2-4,8H,5-7,15H2,1H3. The summed E-state index contributed by atoms with van der Waals surface area (Å²) in [7, 11) is 0. The lowest BCUT2D eigenvalue weighted by atomic mass is 9.85. The number of rotatable bonds is 1. The van der Waals surface area contributed by atoms with Crippen LogP contribution in [0, 0.1) is 11.6 Å². The lowest BCUT2D eigenvalue weighted by molar-refractivity contribution is -0.0789. The molecule has 16 heavy (non-hydrogen) atoms. The average Bonchev–Trinajstić information content (AvgIpc) is 2.21. The van der Waals surface area contributed by atoms with E-state index in [2.05, 4.69) is 0 Å². The fraction of sp³-hybridized carbons (Fsp3) is 0.500. The van der Waals surface area contributed by atoms with E-state index in [0.717, 1.165) is 12.5 Å². The Morgan fingerprint density at radius 2 is 2.19 bits per heavy atom. The minimum absolute atomic E-state index is 0.0265. The first-order chi connectivity index (χ1) is 7.53. The van der Waals surface area contributed by atoms with E-state index in [4.69, 9.17) is 10.5 Å². The monoisotopic (exact) mass is 227 g/mol. The molecule has 2 rings (SSSR count). The van der Waals surface area contributed by atoms with Crippen molar-refractivity contribution in [3.63, 3.8) is 0 Å². The van der Waals surface area contributed by atoms with Gasteiger partial charge in [-0.05, 0) is 25.8 Å². The Balaban J connectivity index is 2.38. The van der Waals surface area contributed by atoms with Crippen molar-refractivity contribution in [1.82, 2.24) is 0 Å². The first-order valence-electron chi connectivity index (χ1n) is 5.37. The predicted molar refractivity (Wildman–Crippen MR) is 56.9 cm³/mol. The molecule has 1 heterocycles. The third-order valence-electron chi connectivity index (χ3n) is 3.08. The molecule has 0 saturated carbocycles. The highest BCUT2D eigenvalue weighted by Gasteiger charge is 2.36. The predicted octanol–water partition coefficient (Wildman–Crippen LogP) is 2.32. The van der Waals surface area contributed by atoms with Crippen molar-refractivity contribution in [2.45, 2.75) is 31.4 Å². The van der Waals surface area contributed by atoms with Crippen molar-refractivity contribution in [3.8, 4) is 0 Å². The molecule has 2 N–H and O–H groups in total. The molecule has 1 saturated heterocycles. The van der Waals surface area contributed by atoms with Gasteiger partial charge in [0.1, 0.15) is 0 Å². The van der Waals surface area contributed by atoms with E-state index in [1.54, 1.807) is 13.0 Å². The van der Waals surface area contributed by atoms with Crippen molar-refractivity contribution < 1.29 is 13.5 Å². The smallest absolute Gasteiger partial charge is 0.164 e. The van der Waals surface area contributed by atoms with Gasteiger partial charge in [0.25, 0.3) is 0 Å². The Morgan fingerprint density at radius 1 is 1.44 bits per heavy atom. The molecular weight excluding hydrogens is 212 g/mol. The molecule has 1 fully saturated rings. The van der Waals surface area contributed by atoms with Crippen LogP contribution in [0.5, 0.6) is 0 Å². The van der Waals surface area contributed by atoms with Crippen LogP contribution in [0.15, 0.2) is 18.2 Å². The van der Waals surface area contributed by atoms with Gasteiger partial charge in [-0.1, -0.05) is 12.1 Å². The fourth-order valence-electron chi connectivity index (χ4n) is 2.20. The molecule has 0 aliphatic carbocycles. The zero-order valence-corrected chi connectivity index (χ0v) is 9.17. The van der Waals surface area contributed by atoms with Crippen molar-refractivity contribution in [2.24, 2.45) is 5.73 Å². The Bertz CT molecular complexity index is 397. The maximum Gasteiger partial charge on any atom is 0.164 e. The Morgan fingerprint density at radius 3 is 2.88 bits per heavy atom. The third kappa shape index (κ3) is 1.95. The SMILES string of the molecule is CC1(c2cccc(F)c2F)CC(N)CCO1. The van der Waals surface area contributed by atoms with Crippen LogP contribution >= 0.6 is 0 Å². The number of ether oxygens (including phenoxy) is 1. The maximum atomic E-state index is 13.7. The molecule has 0 radical (unpaired) electrons. The second kappa shape index (κ2) is 4.11. The Hall–Kier alpha value is -1.00. The summed E-state index contributed by atoms with van der Waals surface area (Å²) in [6, 6.07) is 4.12. The van der Waals surface area contributed by atoms with Gasteiger partial charge in [0.05, 0.1) is 5.60 Å². The van der Waals surface area contributed by atoms with E-state index in [-0.39, 0.29) is 11.6 Å². The van der Waals surface area contributed by atoms with Gasteiger partial charge in [-0.15, -0.1) is 0 Å². The van der Waals surface area contributed by atoms with E-state index in [1.165, 1.54) is 6.07 Å². The molecule has 1 aromatic carbocycles. The molecule has 2 unspecified atom stereocenters. The van der Waals surface area contributed by atoms with Gasteiger partial charge in [-0.3, -0.25) is 0 Å². The molecule has 88 valence electrons. The third-order valence-corrected chi connectivity index (χ3v) is 3.08. The van der Waals surface area contributed by atoms with E-state index in [1.807, 2.05) is 0 Å². The second-order valence-electron chi connectivity index (χ2n) is 4.43. The van der Waals surface area contributed by atoms with Crippen molar-refractivity contribution >= 4 is 0 Å². The quantitative estimate of drug-likeness (QED) is 0.799. The van der Waals surface area contributed by atoms with Gasteiger partial charge in [-0.2, -0.15) is 0 Å². The summed E-state index contributed by atoms with van der Waals surface area (Å²) < 4.78 is 32.4. The zero-order valence-electron chi connectivity index (χ0n) is 9.17. The van der Waals surface area contributed by atoms with Crippen molar-refractivity contribution in [3.05, 3.63) is 35.4 Å². The first kappa shape index (κ1) is 11.5. The van der Waals surface area contributed by atoms with E-state index in [9.17, 15) is 8.78 Å². The van der Waals surface area contributed by atoms with Crippen molar-refractivity contribution in [2.75, 3.05) is 6.61 Å². The molecule has 0 amide bonds. The second-order valence-corrected chi connectivity index (χ2v) is 4.43. The molecule has 0 bridgehead atoms. The molecule has 0 spiro atoms. The average molecular weight is 227 g/mol. The summed E-state index contributed by atoms with van der Waals surface area (Å²) >= 11 is 0. The van der Waals surface area contributed by atoms with E-state index in [0.29, 0.717) is 13.0 Å². The number of benzene rings is 1. The summed E-state index contributed by atoms with van der Waals surface area (Å²) in [5.74, 6) is -1.68. The van der Waals surface area contributed by atoms with Gasteiger partial charge >= 0.3 is 0 Å². The molecule has 2 atom stereocenters. The molecule has 1 aliphatic rings. The van der Waals surface area contributed by atoms with Crippen LogP contribution in [-0.2, 0) is 10.3 Å². The van der Waals surface area contributed by atoms with Crippen LogP contribution in [0.4, 0.5) is 8.78 Å².